The number of hydrogen-bond acceptors (Lipinski definition) is 1. The molecule has 24 heavy (non-hydrogen) atoms. The zero-order chi connectivity index (χ0) is 16.4. The van der Waals surface area contributed by atoms with Gasteiger partial charge >= 0.3 is 0 Å². The molecule has 0 spiro atoms. The van der Waals surface area contributed by atoms with Crippen LogP contribution in [-0.2, 0) is 7.05 Å². The van der Waals surface area contributed by atoms with Crippen molar-refractivity contribution in [2.24, 2.45) is 7.05 Å². The van der Waals surface area contributed by atoms with Gasteiger partial charge in [0.25, 0.3) is 0 Å². The molecule has 0 amide bonds. The van der Waals surface area contributed by atoms with Crippen LogP contribution in [0.2, 0.25) is 0 Å². The molecule has 0 saturated carbocycles. The van der Waals surface area contributed by atoms with Gasteiger partial charge in [0.1, 0.15) is 11.2 Å². The molecule has 2 heterocycles. The van der Waals surface area contributed by atoms with Crippen molar-refractivity contribution in [2.45, 2.75) is 19.8 Å². The minimum Gasteiger partial charge on any atom is -0.455 e. The molecule has 0 aliphatic carbocycles. The average molecular weight is 313 g/mol. The minimum absolute atomic E-state index is 0.452. The van der Waals surface area contributed by atoms with Crippen LogP contribution in [0.5, 0.6) is 0 Å². The van der Waals surface area contributed by atoms with Gasteiger partial charge in [0, 0.05) is 28.7 Å². The van der Waals surface area contributed by atoms with E-state index >= 15 is 0 Å². The summed E-state index contributed by atoms with van der Waals surface area (Å²) in [7, 11) is 2.16. The van der Waals surface area contributed by atoms with Crippen molar-refractivity contribution in [3.8, 4) is 0 Å². The number of furan rings is 1. The van der Waals surface area contributed by atoms with Crippen LogP contribution < -0.4 is 0 Å². The summed E-state index contributed by atoms with van der Waals surface area (Å²) in [6, 6.07) is 19.3. The molecule has 0 atom stereocenters. The zero-order valence-electron chi connectivity index (χ0n) is 14.1. The molecule has 0 aliphatic rings. The van der Waals surface area contributed by atoms with Crippen molar-refractivity contribution < 1.29 is 4.42 Å². The van der Waals surface area contributed by atoms with Crippen LogP contribution in [0.25, 0.3) is 43.7 Å². The summed E-state index contributed by atoms with van der Waals surface area (Å²) in [4.78, 5) is 0. The highest BCUT2D eigenvalue weighted by Crippen LogP contribution is 2.42. The van der Waals surface area contributed by atoms with Crippen molar-refractivity contribution in [1.29, 1.82) is 0 Å². The first kappa shape index (κ1) is 13.7. The van der Waals surface area contributed by atoms with Crippen LogP contribution in [0, 0.1) is 0 Å². The molecule has 0 radical (unpaired) electrons. The summed E-state index contributed by atoms with van der Waals surface area (Å²) in [6.45, 7) is 4.53. The lowest BCUT2D eigenvalue weighted by molar-refractivity contribution is 0.672. The van der Waals surface area contributed by atoms with Crippen molar-refractivity contribution in [3.63, 3.8) is 0 Å². The average Bonchev–Trinajstić information content (AvgIpc) is 3.11. The highest BCUT2D eigenvalue weighted by molar-refractivity contribution is 6.24. The van der Waals surface area contributed by atoms with Crippen LogP contribution in [-0.4, -0.2) is 4.57 Å². The Morgan fingerprint density at radius 1 is 0.875 bits per heavy atom. The third-order valence-corrected chi connectivity index (χ3v) is 5.16. The quantitative estimate of drug-likeness (QED) is 0.352. The highest BCUT2D eigenvalue weighted by atomic mass is 16.3. The summed E-state index contributed by atoms with van der Waals surface area (Å²) < 4.78 is 8.62. The number of rotatable bonds is 1. The van der Waals surface area contributed by atoms with E-state index in [1.54, 1.807) is 0 Å². The maximum atomic E-state index is 6.31. The second-order valence-electron chi connectivity index (χ2n) is 6.90. The largest absolute Gasteiger partial charge is 0.455 e. The lowest BCUT2D eigenvalue weighted by Gasteiger charge is -2.10. The summed E-state index contributed by atoms with van der Waals surface area (Å²) in [5, 5.41) is 4.93. The number of aryl methyl sites for hydroxylation is 1. The Bertz CT molecular complexity index is 1240. The van der Waals surface area contributed by atoms with Crippen LogP contribution >= 0.6 is 0 Å². The molecule has 0 aliphatic heterocycles. The monoisotopic (exact) mass is 313 g/mol. The fourth-order valence-corrected chi connectivity index (χ4v) is 4.02. The number of nitrogens with zero attached hydrogens (tertiary/aromatic N) is 1. The standard InChI is InChI=1S/C22H19NO/c1-13(2)16-12-17-14-8-5-7-11-19(14)24-22(17)20-15-9-4-6-10-18(15)23(3)21(16)20/h4-13H,1-3H3. The zero-order valence-corrected chi connectivity index (χ0v) is 14.1. The first-order chi connectivity index (χ1) is 11.7. The number of hydrogen-bond donors (Lipinski definition) is 0. The van der Waals surface area contributed by atoms with Gasteiger partial charge in [-0.1, -0.05) is 50.2 Å². The molecule has 2 nitrogen and oxygen atoms in total. The Hall–Kier alpha value is -2.74. The van der Waals surface area contributed by atoms with Gasteiger partial charge < -0.3 is 8.98 Å². The first-order valence-corrected chi connectivity index (χ1v) is 8.48. The topological polar surface area (TPSA) is 18.1 Å². The van der Waals surface area contributed by atoms with Crippen molar-refractivity contribution in [2.75, 3.05) is 0 Å². The van der Waals surface area contributed by atoms with Crippen molar-refractivity contribution in [3.05, 3.63) is 60.2 Å². The molecule has 2 aromatic heterocycles. The third-order valence-electron chi connectivity index (χ3n) is 5.16. The summed E-state index contributed by atoms with van der Waals surface area (Å²) in [5.74, 6) is 0.452. The van der Waals surface area contributed by atoms with E-state index in [0.717, 1.165) is 11.2 Å². The summed E-state index contributed by atoms with van der Waals surface area (Å²) in [5.41, 5.74) is 5.89. The fraction of sp³-hybridized carbons (Fsp3) is 0.182. The normalized spacial score (nSPS) is 12.3. The van der Waals surface area contributed by atoms with Gasteiger partial charge in [-0.25, -0.2) is 0 Å². The van der Waals surface area contributed by atoms with Crippen LogP contribution in [0.3, 0.4) is 0 Å². The van der Waals surface area contributed by atoms with E-state index in [0.29, 0.717) is 5.92 Å². The van der Waals surface area contributed by atoms with E-state index in [4.69, 9.17) is 4.42 Å². The smallest absolute Gasteiger partial charge is 0.145 e. The van der Waals surface area contributed by atoms with E-state index in [1.165, 1.54) is 38.1 Å². The van der Waals surface area contributed by atoms with E-state index in [-0.39, 0.29) is 0 Å². The van der Waals surface area contributed by atoms with Crippen LogP contribution in [0.1, 0.15) is 25.3 Å². The van der Waals surface area contributed by atoms with Gasteiger partial charge in [-0.05, 0) is 29.7 Å². The maximum absolute atomic E-state index is 6.31. The predicted molar refractivity (Wildman–Crippen MR) is 102 cm³/mol. The fourth-order valence-electron chi connectivity index (χ4n) is 4.02. The summed E-state index contributed by atoms with van der Waals surface area (Å²) >= 11 is 0. The second kappa shape index (κ2) is 4.64. The van der Waals surface area contributed by atoms with E-state index in [2.05, 4.69) is 74.0 Å². The first-order valence-electron chi connectivity index (χ1n) is 8.48. The van der Waals surface area contributed by atoms with Crippen LogP contribution in [0.4, 0.5) is 0 Å². The van der Waals surface area contributed by atoms with E-state index in [1.807, 2.05) is 6.07 Å². The Kier molecular flexibility index (Phi) is 2.64. The Labute approximate surface area is 140 Å². The molecule has 2 heteroatoms. The molecule has 118 valence electrons. The Morgan fingerprint density at radius 2 is 1.58 bits per heavy atom. The number of benzene rings is 3. The third kappa shape index (κ3) is 1.60. The molecule has 0 unspecified atom stereocenters. The predicted octanol–water partition coefficient (Wildman–Crippen LogP) is 6.35. The van der Waals surface area contributed by atoms with Crippen molar-refractivity contribution >= 4 is 43.7 Å². The number of fused-ring (bicyclic) bond motifs is 7. The van der Waals surface area contributed by atoms with Gasteiger partial charge in [-0.15, -0.1) is 0 Å². The molecule has 0 fully saturated rings. The highest BCUT2D eigenvalue weighted by Gasteiger charge is 2.20. The molecule has 5 aromatic rings. The Morgan fingerprint density at radius 3 is 2.38 bits per heavy atom. The molecule has 0 N–H and O–H groups in total. The summed E-state index contributed by atoms with van der Waals surface area (Å²) in [6.07, 6.45) is 0. The minimum atomic E-state index is 0.452. The Balaban J connectivity index is 2.17. The molecule has 0 bridgehead atoms. The lowest BCUT2D eigenvalue weighted by Crippen LogP contribution is -1.95. The van der Waals surface area contributed by atoms with Crippen molar-refractivity contribution in [1.82, 2.24) is 4.57 Å². The SMILES string of the molecule is CC(C)c1cc2c3ccccc3oc2c2c3ccccc3n(C)c12. The second-order valence-corrected chi connectivity index (χ2v) is 6.90. The van der Waals surface area contributed by atoms with Gasteiger partial charge in [0.2, 0.25) is 0 Å². The number of para-hydroxylation sites is 2. The maximum Gasteiger partial charge on any atom is 0.145 e. The van der Waals surface area contributed by atoms with Gasteiger partial charge in [0.15, 0.2) is 0 Å². The number of aromatic nitrogens is 1. The van der Waals surface area contributed by atoms with E-state index < -0.39 is 0 Å². The lowest BCUT2D eigenvalue weighted by atomic mass is 9.96. The molecule has 0 saturated heterocycles. The van der Waals surface area contributed by atoms with Gasteiger partial charge in [-0.3, -0.25) is 0 Å². The molecule has 5 rings (SSSR count). The molecule has 3 aromatic carbocycles. The molecular formula is C22H19NO. The molecular weight excluding hydrogens is 294 g/mol. The van der Waals surface area contributed by atoms with Gasteiger partial charge in [0.05, 0.1) is 10.9 Å². The van der Waals surface area contributed by atoms with E-state index in [9.17, 15) is 0 Å². The van der Waals surface area contributed by atoms with Crippen LogP contribution in [0.15, 0.2) is 59.0 Å². The van der Waals surface area contributed by atoms with Gasteiger partial charge in [-0.2, -0.15) is 0 Å².